The minimum atomic E-state index is 0.467. The molecule has 0 saturated heterocycles. The van der Waals surface area contributed by atoms with Crippen molar-refractivity contribution in [1.29, 1.82) is 0 Å². The average Bonchev–Trinajstić information content (AvgIpc) is 2.18. The molecule has 0 aromatic carbocycles. The van der Waals surface area contributed by atoms with Gasteiger partial charge in [-0.15, -0.1) is 0 Å². The summed E-state index contributed by atoms with van der Waals surface area (Å²) in [6, 6.07) is 1.60. The molecule has 1 aromatic heterocycles. The minimum absolute atomic E-state index is 0.467. The summed E-state index contributed by atoms with van der Waals surface area (Å²) >= 11 is 0. The topological polar surface area (TPSA) is 77.8 Å². The lowest BCUT2D eigenvalue weighted by atomic mass is 9.89. The number of anilines is 2. The maximum absolute atomic E-state index is 5.63. The summed E-state index contributed by atoms with van der Waals surface area (Å²) in [6.45, 7) is 0. The van der Waals surface area contributed by atoms with Crippen LogP contribution in [-0.2, 0) is 0 Å². The maximum atomic E-state index is 5.63. The van der Waals surface area contributed by atoms with Crippen molar-refractivity contribution in [2.75, 3.05) is 11.5 Å². The van der Waals surface area contributed by atoms with E-state index < -0.39 is 0 Å². The van der Waals surface area contributed by atoms with Gasteiger partial charge in [0, 0.05) is 12.0 Å². The van der Waals surface area contributed by atoms with Gasteiger partial charge in [-0.1, -0.05) is 19.3 Å². The molecule has 14 heavy (non-hydrogen) atoms. The second-order valence-corrected chi connectivity index (χ2v) is 3.91. The van der Waals surface area contributed by atoms with Crippen LogP contribution in [0, 0.1) is 0 Å². The third-order valence-electron chi connectivity index (χ3n) is 2.75. The molecule has 1 aromatic rings. The largest absolute Gasteiger partial charge is 0.384 e. The monoisotopic (exact) mass is 192 g/mol. The van der Waals surface area contributed by atoms with Gasteiger partial charge in [0.15, 0.2) is 0 Å². The van der Waals surface area contributed by atoms with Crippen LogP contribution >= 0.6 is 0 Å². The van der Waals surface area contributed by atoms with Crippen LogP contribution in [-0.4, -0.2) is 9.97 Å². The Balaban J connectivity index is 2.21. The predicted molar refractivity (Wildman–Crippen MR) is 56.7 cm³/mol. The second kappa shape index (κ2) is 3.82. The number of aromatic nitrogens is 2. The molecule has 0 amide bonds. The van der Waals surface area contributed by atoms with Crippen molar-refractivity contribution < 1.29 is 0 Å². The molecule has 1 aliphatic rings. The summed E-state index contributed by atoms with van der Waals surface area (Å²) in [5.41, 5.74) is 11.3. The van der Waals surface area contributed by atoms with Gasteiger partial charge in [-0.25, -0.2) is 9.97 Å². The Hall–Kier alpha value is -1.32. The van der Waals surface area contributed by atoms with E-state index in [1.54, 1.807) is 6.07 Å². The van der Waals surface area contributed by atoms with Crippen LogP contribution in [0.15, 0.2) is 6.07 Å². The molecule has 0 atom stereocenters. The smallest absolute Gasteiger partial charge is 0.136 e. The first kappa shape index (κ1) is 9.24. The standard InChI is InChI=1S/C10H16N4/c11-8-6-9(12)14-10(13-8)7-4-2-1-3-5-7/h6-7H,1-5H2,(H4,11,12,13,14). The van der Waals surface area contributed by atoms with Gasteiger partial charge in [-0.2, -0.15) is 0 Å². The minimum Gasteiger partial charge on any atom is -0.384 e. The Morgan fingerprint density at radius 1 is 1.00 bits per heavy atom. The van der Waals surface area contributed by atoms with Crippen LogP contribution in [0.2, 0.25) is 0 Å². The van der Waals surface area contributed by atoms with Gasteiger partial charge in [0.25, 0.3) is 0 Å². The van der Waals surface area contributed by atoms with Gasteiger partial charge in [-0.05, 0) is 12.8 Å². The van der Waals surface area contributed by atoms with E-state index in [0.29, 0.717) is 17.6 Å². The Bertz CT molecular complexity index is 298. The first-order chi connectivity index (χ1) is 6.75. The first-order valence-corrected chi connectivity index (χ1v) is 5.15. The summed E-state index contributed by atoms with van der Waals surface area (Å²) in [4.78, 5) is 8.49. The Morgan fingerprint density at radius 2 is 1.57 bits per heavy atom. The molecule has 1 saturated carbocycles. The van der Waals surface area contributed by atoms with Crippen LogP contribution < -0.4 is 11.5 Å². The second-order valence-electron chi connectivity index (χ2n) is 3.91. The van der Waals surface area contributed by atoms with Crippen molar-refractivity contribution in [3.63, 3.8) is 0 Å². The van der Waals surface area contributed by atoms with Crippen LogP contribution in [0.25, 0.3) is 0 Å². The third-order valence-corrected chi connectivity index (χ3v) is 2.75. The molecule has 1 fully saturated rings. The van der Waals surface area contributed by atoms with E-state index >= 15 is 0 Å². The summed E-state index contributed by atoms with van der Waals surface area (Å²) in [5.74, 6) is 2.27. The molecule has 2 rings (SSSR count). The zero-order chi connectivity index (χ0) is 9.97. The highest BCUT2D eigenvalue weighted by atomic mass is 15.0. The molecule has 4 nitrogen and oxygen atoms in total. The molecule has 0 bridgehead atoms. The quantitative estimate of drug-likeness (QED) is 0.709. The zero-order valence-corrected chi connectivity index (χ0v) is 8.24. The van der Waals surface area contributed by atoms with E-state index in [2.05, 4.69) is 9.97 Å². The van der Waals surface area contributed by atoms with Gasteiger partial charge in [0.2, 0.25) is 0 Å². The maximum Gasteiger partial charge on any atom is 0.136 e. The highest BCUT2D eigenvalue weighted by Gasteiger charge is 2.18. The molecule has 0 radical (unpaired) electrons. The molecule has 0 aliphatic heterocycles. The Kier molecular flexibility index (Phi) is 2.52. The predicted octanol–water partition coefficient (Wildman–Crippen LogP) is 1.69. The Labute approximate surface area is 83.7 Å². The van der Waals surface area contributed by atoms with Gasteiger partial charge >= 0.3 is 0 Å². The molecule has 1 aliphatic carbocycles. The molecule has 0 unspecified atom stereocenters. The number of nitrogen functional groups attached to an aromatic ring is 2. The van der Waals surface area contributed by atoms with Crippen LogP contribution in [0.1, 0.15) is 43.8 Å². The zero-order valence-electron chi connectivity index (χ0n) is 8.24. The number of nitrogens with two attached hydrogens (primary N) is 2. The highest BCUT2D eigenvalue weighted by molar-refractivity contribution is 5.41. The van der Waals surface area contributed by atoms with Crippen LogP contribution in [0.4, 0.5) is 11.6 Å². The highest BCUT2D eigenvalue weighted by Crippen LogP contribution is 2.31. The van der Waals surface area contributed by atoms with E-state index in [0.717, 1.165) is 5.82 Å². The van der Waals surface area contributed by atoms with Crippen molar-refractivity contribution in [2.45, 2.75) is 38.0 Å². The SMILES string of the molecule is Nc1cc(N)nc(C2CCCCC2)n1. The van der Waals surface area contributed by atoms with E-state index in [4.69, 9.17) is 11.5 Å². The summed E-state index contributed by atoms with van der Waals surface area (Å²) in [7, 11) is 0. The fraction of sp³-hybridized carbons (Fsp3) is 0.600. The number of hydrogen-bond donors (Lipinski definition) is 2. The third kappa shape index (κ3) is 1.95. The summed E-state index contributed by atoms with van der Waals surface area (Å²) < 4.78 is 0. The summed E-state index contributed by atoms with van der Waals surface area (Å²) in [5, 5.41) is 0. The lowest BCUT2D eigenvalue weighted by Gasteiger charge is -2.20. The van der Waals surface area contributed by atoms with Gasteiger partial charge in [0.1, 0.15) is 17.5 Å². The first-order valence-electron chi connectivity index (χ1n) is 5.15. The van der Waals surface area contributed by atoms with Crippen molar-refractivity contribution in [1.82, 2.24) is 9.97 Å². The molecule has 1 heterocycles. The lowest BCUT2D eigenvalue weighted by molar-refractivity contribution is 0.429. The number of rotatable bonds is 1. The van der Waals surface area contributed by atoms with Crippen LogP contribution in [0.5, 0.6) is 0 Å². The van der Waals surface area contributed by atoms with E-state index in [1.165, 1.54) is 32.1 Å². The van der Waals surface area contributed by atoms with Gasteiger partial charge < -0.3 is 11.5 Å². The molecule has 76 valence electrons. The van der Waals surface area contributed by atoms with E-state index in [1.807, 2.05) is 0 Å². The van der Waals surface area contributed by atoms with Gasteiger partial charge in [0.05, 0.1) is 0 Å². The fourth-order valence-corrected chi connectivity index (χ4v) is 2.05. The fourth-order valence-electron chi connectivity index (χ4n) is 2.05. The molecule has 4 heteroatoms. The summed E-state index contributed by atoms with van der Waals surface area (Å²) in [6.07, 6.45) is 6.20. The van der Waals surface area contributed by atoms with Crippen LogP contribution in [0.3, 0.4) is 0 Å². The lowest BCUT2D eigenvalue weighted by Crippen LogP contribution is -2.11. The molecular weight excluding hydrogens is 176 g/mol. The Morgan fingerprint density at radius 3 is 2.14 bits per heavy atom. The molecular formula is C10H16N4. The van der Waals surface area contributed by atoms with Crippen molar-refractivity contribution in [3.8, 4) is 0 Å². The van der Waals surface area contributed by atoms with Gasteiger partial charge in [-0.3, -0.25) is 0 Å². The number of hydrogen-bond acceptors (Lipinski definition) is 4. The van der Waals surface area contributed by atoms with Crippen molar-refractivity contribution in [2.24, 2.45) is 0 Å². The van der Waals surface area contributed by atoms with E-state index in [-0.39, 0.29) is 0 Å². The average molecular weight is 192 g/mol. The van der Waals surface area contributed by atoms with Crippen molar-refractivity contribution >= 4 is 11.6 Å². The number of nitrogens with zero attached hydrogens (tertiary/aromatic N) is 2. The molecule has 0 spiro atoms. The normalized spacial score (nSPS) is 18.3. The molecule has 4 N–H and O–H groups in total. The van der Waals surface area contributed by atoms with E-state index in [9.17, 15) is 0 Å². The van der Waals surface area contributed by atoms with Crippen molar-refractivity contribution in [3.05, 3.63) is 11.9 Å².